The quantitative estimate of drug-likeness (QED) is 0.0766. The second kappa shape index (κ2) is 26.3. The zero-order valence-corrected chi connectivity index (χ0v) is 52.0. The maximum atomic E-state index is 13.9. The van der Waals surface area contributed by atoms with Crippen LogP contribution in [0.2, 0.25) is 0 Å². The van der Waals surface area contributed by atoms with Gasteiger partial charge in [-0.1, -0.05) is 72.8 Å². The number of hydrogen-bond donors (Lipinski definition) is 0. The van der Waals surface area contributed by atoms with Crippen molar-refractivity contribution in [3.05, 3.63) is 265 Å². The van der Waals surface area contributed by atoms with Gasteiger partial charge >= 0.3 is 0 Å². The van der Waals surface area contributed by atoms with Gasteiger partial charge in [-0.05, 0) is 59.7 Å². The summed E-state index contributed by atoms with van der Waals surface area (Å²) in [6, 6.07) is 36.5. The Balaban J connectivity index is 0.000000115. The summed E-state index contributed by atoms with van der Waals surface area (Å²) < 4.78 is 66.5. The minimum atomic E-state index is -4.29. The van der Waals surface area contributed by atoms with Crippen molar-refractivity contribution in [2.24, 2.45) is 28.2 Å². The molecule has 0 amide bonds. The van der Waals surface area contributed by atoms with Crippen LogP contribution in [0.25, 0.3) is 88.6 Å². The van der Waals surface area contributed by atoms with Crippen LogP contribution in [0.5, 0.6) is 0 Å². The summed E-state index contributed by atoms with van der Waals surface area (Å²) in [6.45, 7) is 1.61. The molecule has 16 rings (SSSR count). The Morgan fingerprint density at radius 3 is 1.25 bits per heavy atom. The highest BCUT2D eigenvalue weighted by Crippen LogP contribution is 2.30. The van der Waals surface area contributed by atoms with E-state index in [2.05, 4.69) is 78.9 Å². The molecule has 0 unspecified atom stereocenters. The Morgan fingerprint density at radius 2 is 0.800 bits per heavy atom. The third-order valence-corrected chi connectivity index (χ3v) is 16.9. The molecule has 0 radical (unpaired) electrons. The maximum Gasteiger partial charge on any atom is 0.290 e. The lowest BCUT2D eigenvalue weighted by Crippen LogP contribution is -2.16. The predicted octanol–water partition coefficient (Wildman–Crippen LogP) is 10.9. The van der Waals surface area contributed by atoms with E-state index in [0.29, 0.717) is 29.7 Å². The molecular formula is C67H55F2N21O4S. The molecule has 0 fully saturated rings. The molecular weight excluding hydrogens is 1230 g/mol. The summed E-state index contributed by atoms with van der Waals surface area (Å²) in [4.78, 5) is 27.7. The van der Waals surface area contributed by atoms with Crippen molar-refractivity contribution in [3.63, 3.8) is 0 Å². The summed E-state index contributed by atoms with van der Waals surface area (Å²) >= 11 is 0. The number of aryl methyl sites for hydroxylation is 4. The fourth-order valence-electron chi connectivity index (χ4n) is 10.5. The van der Waals surface area contributed by atoms with Crippen LogP contribution >= 0.6 is 0 Å². The van der Waals surface area contributed by atoms with Crippen LogP contribution in [0.1, 0.15) is 16.7 Å². The fraction of sp³-hybridized carbons (Fsp3) is 0.104. The van der Waals surface area contributed by atoms with Gasteiger partial charge in [0.25, 0.3) is 15.7 Å². The first kappa shape index (κ1) is 61.3. The van der Waals surface area contributed by atoms with Crippen molar-refractivity contribution < 1.29 is 22.1 Å². The van der Waals surface area contributed by atoms with Gasteiger partial charge in [-0.2, -0.15) is 53.3 Å². The van der Waals surface area contributed by atoms with E-state index in [-0.39, 0.29) is 17.2 Å². The predicted molar refractivity (Wildman–Crippen MR) is 351 cm³/mol. The SMILES string of the molecule is Cn1cc(-c2cnc3cnn(Cc4cccc(F)c4)c3c2)cn1.Cn1cc(-c2cnc3cnn(Cc4ccccc4)c3c2)cn1.Cn1cc(-c2cnc3cnn(Cc4ccccc4F)c3c2)cn1.Cn1cc(-c2cnc3cnn(S(=O)(=O)c4ccccc4[N+](=O)[O-])c3c2)cn1. The van der Waals surface area contributed by atoms with Gasteiger partial charge in [-0.25, -0.2) is 8.78 Å². The number of fused-ring (bicyclic) bond motifs is 4. The molecule has 0 N–H and O–H groups in total. The number of halogens is 2. The van der Waals surface area contributed by atoms with E-state index in [1.165, 1.54) is 48.2 Å². The Kier molecular flexibility index (Phi) is 17.0. The molecule has 0 aliphatic rings. The molecule has 25 nitrogen and oxygen atoms in total. The average molecular weight is 1290 g/mol. The Labute approximate surface area is 539 Å². The number of pyridine rings is 4. The molecule has 0 saturated heterocycles. The van der Waals surface area contributed by atoms with Crippen LogP contribution in [-0.4, -0.2) is 111 Å². The lowest BCUT2D eigenvalue weighted by Gasteiger charge is -2.07. The van der Waals surface area contributed by atoms with E-state index in [9.17, 15) is 27.3 Å². The number of hydrogen-bond acceptors (Lipinski definition) is 16. The van der Waals surface area contributed by atoms with E-state index in [1.807, 2.05) is 116 Å². The summed E-state index contributed by atoms with van der Waals surface area (Å²) in [5.41, 5.74) is 15.5. The van der Waals surface area contributed by atoms with Gasteiger partial charge in [-0.15, -0.1) is 0 Å². The van der Waals surface area contributed by atoms with Crippen molar-refractivity contribution in [1.82, 2.24) is 97.6 Å². The Morgan fingerprint density at radius 1 is 0.400 bits per heavy atom. The average Bonchev–Trinajstić information content (AvgIpc) is 1.67. The molecule has 12 aromatic heterocycles. The molecule has 0 atom stereocenters. The topological polar surface area (TPSA) is 271 Å². The van der Waals surface area contributed by atoms with Gasteiger partial charge in [-0.3, -0.25) is 62.8 Å². The van der Waals surface area contributed by atoms with E-state index < -0.39 is 25.5 Å². The third-order valence-electron chi connectivity index (χ3n) is 15.3. The summed E-state index contributed by atoms with van der Waals surface area (Å²) in [6.07, 6.45) is 28.3. The zero-order valence-electron chi connectivity index (χ0n) is 51.2. The van der Waals surface area contributed by atoms with Gasteiger partial charge in [0.2, 0.25) is 0 Å². The fourth-order valence-corrected chi connectivity index (χ4v) is 11.9. The van der Waals surface area contributed by atoms with Gasteiger partial charge in [0.1, 0.15) is 39.2 Å². The van der Waals surface area contributed by atoms with E-state index in [1.54, 1.807) is 104 Å². The molecule has 0 bridgehead atoms. The first-order valence-electron chi connectivity index (χ1n) is 29.3. The molecule has 95 heavy (non-hydrogen) atoms. The van der Waals surface area contributed by atoms with Crippen LogP contribution in [0.3, 0.4) is 0 Å². The Bertz CT molecular complexity index is 5550. The van der Waals surface area contributed by atoms with Crippen LogP contribution in [0.15, 0.2) is 231 Å². The van der Waals surface area contributed by atoms with Crippen molar-refractivity contribution in [1.29, 1.82) is 0 Å². The number of rotatable bonds is 13. The van der Waals surface area contributed by atoms with Crippen molar-refractivity contribution in [2.75, 3.05) is 0 Å². The summed E-state index contributed by atoms with van der Waals surface area (Å²) in [5, 5.41) is 45.0. The molecule has 16 aromatic rings. The van der Waals surface area contributed by atoms with E-state index >= 15 is 0 Å². The molecule has 28 heteroatoms. The molecule has 472 valence electrons. The standard InChI is InChI=1S/2C17H14FN5.C17H15N5.C16H12N6O4S/c1-22-11-14(8-20-22)13-6-17-16(19-7-13)9-21-23(17)10-12-3-2-4-15(18)5-12;1-22-10-14(8-20-22)13-6-17-16(19-7-13)9-21-23(17)11-12-4-2-3-5-15(12)18;1-21-12-15(9-19-21)14-7-17-16(18-8-14)10-20-22(17)11-13-5-3-2-4-6-13;1-20-10-12(8-18-20)11-6-15-13(17-7-11)9-19-21(15)27(25,26)16-5-3-2-4-14(16)22(23)24/h2-9,11H,10H2,1H3;2-10H,11H2,1H3;2-10,12H,11H2,1H3;2-10H,1H3. The normalized spacial score (nSPS) is 11.3. The molecule has 12 heterocycles. The monoisotopic (exact) mass is 1290 g/mol. The zero-order chi connectivity index (χ0) is 65.7. The molecule has 0 aliphatic heterocycles. The van der Waals surface area contributed by atoms with Crippen molar-refractivity contribution >= 4 is 59.8 Å². The highest BCUT2D eigenvalue weighted by molar-refractivity contribution is 7.90. The molecule has 0 spiro atoms. The van der Waals surface area contributed by atoms with Crippen LogP contribution < -0.4 is 0 Å². The highest BCUT2D eigenvalue weighted by Gasteiger charge is 2.29. The molecule has 0 aliphatic carbocycles. The third kappa shape index (κ3) is 13.4. The van der Waals surface area contributed by atoms with Crippen molar-refractivity contribution in [3.8, 4) is 44.5 Å². The van der Waals surface area contributed by atoms with Gasteiger partial charge in [0, 0.05) is 134 Å². The van der Waals surface area contributed by atoms with E-state index in [0.717, 1.165) is 94.3 Å². The number of nitrogens with zero attached hydrogens (tertiary/aromatic N) is 21. The largest absolute Gasteiger partial charge is 0.290 e. The molecule has 0 saturated carbocycles. The first-order chi connectivity index (χ1) is 46.1. The van der Waals surface area contributed by atoms with Crippen LogP contribution in [-0.2, 0) is 57.8 Å². The maximum absolute atomic E-state index is 13.9. The number of nitro benzene ring substituents is 1. The summed E-state index contributed by atoms with van der Waals surface area (Å²) in [5.74, 6) is -0.472. The van der Waals surface area contributed by atoms with E-state index in [4.69, 9.17) is 0 Å². The second-order valence-corrected chi connectivity index (χ2v) is 23.7. The summed E-state index contributed by atoms with van der Waals surface area (Å²) in [7, 11) is 3.14. The van der Waals surface area contributed by atoms with Crippen LogP contribution in [0.4, 0.5) is 14.5 Å². The lowest BCUT2D eigenvalue weighted by molar-refractivity contribution is -0.387. The first-order valence-corrected chi connectivity index (χ1v) is 30.8. The van der Waals surface area contributed by atoms with Crippen molar-refractivity contribution in [2.45, 2.75) is 24.5 Å². The van der Waals surface area contributed by atoms with Crippen LogP contribution in [0, 0.1) is 21.7 Å². The minimum absolute atomic E-state index is 0.217. The minimum Gasteiger partial charge on any atom is -0.275 e. The number of para-hydroxylation sites is 1. The second-order valence-electron chi connectivity index (χ2n) is 22.0. The highest BCUT2D eigenvalue weighted by atomic mass is 32.2. The number of nitro groups is 1. The van der Waals surface area contributed by atoms with Gasteiger partial charge in [0.15, 0.2) is 4.90 Å². The van der Waals surface area contributed by atoms with Gasteiger partial charge in [0.05, 0.1) is 90.7 Å². The van der Waals surface area contributed by atoms with Gasteiger partial charge < -0.3 is 0 Å². The lowest BCUT2D eigenvalue weighted by atomic mass is 10.1. The smallest absolute Gasteiger partial charge is 0.275 e. The number of benzene rings is 4. The Hall–Kier alpha value is -12.6. The molecule has 4 aromatic carbocycles. The number of aromatic nitrogens is 20.